The molecule has 2 heterocycles. The Kier molecular flexibility index (Phi) is 9.61. The zero-order valence-electron chi connectivity index (χ0n) is 17.5. The van der Waals surface area contributed by atoms with Gasteiger partial charge in [-0.15, -0.1) is 0 Å². The standard InChI is InChI=1S/C18H34N8O4/c19-17(29)21-3-5-23-7-11-25(12-8-23)15(27)1-2-16(28)26-13-9-24(10-14-26)6-4-22-18(20)30/h1-14H2,(H3,19,21,29)(H3,20,22,30). The first-order valence-electron chi connectivity index (χ1n) is 10.4. The largest absolute Gasteiger partial charge is 0.352 e. The highest BCUT2D eigenvalue weighted by Gasteiger charge is 2.24. The fraction of sp³-hybridized carbons (Fsp3) is 0.778. The minimum Gasteiger partial charge on any atom is -0.352 e. The molecule has 0 bridgehead atoms. The van der Waals surface area contributed by atoms with Gasteiger partial charge in [-0.1, -0.05) is 0 Å². The van der Waals surface area contributed by atoms with Crippen LogP contribution < -0.4 is 22.1 Å². The van der Waals surface area contributed by atoms with Crippen molar-refractivity contribution < 1.29 is 19.2 Å². The van der Waals surface area contributed by atoms with Crippen molar-refractivity contribution >= 4 is 23.9 Å². The SMILES string of the molecule is NC(=O)NCCN1CCN(C(=O)CCC(=O)N2CCN(CCNC(N)=O)CC2)CC1. The summed E-state index contributed by atoms with van der Waals surface area (Å²) in [6.07, 6.45) is 0.454. The molecule has 2 saturated heterocycles. The number of carbonyl (C=O) groups excluding carboxylic acids is 4. The van der Waals surface area contributed by atoms with Gasteiger partial charge >= 0.3 is 12.1 Å². The number of piperazine rings is 2. The van der Waals surface area contributed by atoms with E-state index in [0.29, 0.717) is 52.4 Å². The van der Waals surface area contributed by atoms with Crippen LogP contribution in [-0.4, -0.2) is 122 Å². The van der Waals surface area contributed by atoms with Gasteiger partial charge in [0.15, 0.2) is 0 Å². The van der Waals surface area contributed by atoms with Crippen LogP contribution in [0, 0.1) is 0 Å². The molecule has 6 amide bonds. The maximum Gasteiger partial charge on any atom is 0.312 e. The van der Waals surface area contributed by atoms with Crippen LogP contribution in [-0.2, 0) is 9.59 Å². The van der Waals surface area contributed by atoms with Crippen molar-refractivity contribution in [1.82, 2.24) is 30.2 Å². The summed E-state index contributed by atoms with van der Waals surface area (Å²) in [5, 5.41) is 5.12. The van der Waals surface area contributed by atoms with E-state index in [2.05, 4.69) is 20.4 Å². The van der Waals surface area contributed by atoms with E-state index in [1.54, 1.807) is 9.80 Å². The predicted molar refractivity (Wildman–Crippen MR) is 110 cm³/mol. The second kappa shape index (κ2) is 12.2. The average Bonchev–Trinajstić information content (AvgIpc) is 2.72. The molecule has 0 spiro atoms. The van der Waals surface area contributed by atoms with Crippen LogP contribution in [0.5, 0.6) is 0 Å². The van der Waals surface area contributed by atoms with Crippen molar-refractivity contribution in [3.63, 3.8) is 0 Å². The van der Waals surface area contributed by atoms with Crippen LogP contribution in [0.2, 0.25) is 0 Å². The third-order valence-electron chi connectivity index (χ3n) is 5.46. The van der Waals surface area contributed by atoms with E-state index in [-0.39, 0.29) is 24.7 Å². The first-order valence-corrected chi connectivity index (χ1v) is 10.4. The highest BCUT2D eigenvalue weighted by Crippen LogP contribution is 2.08. The molecule has 6 N–H and O–H groups in total. The van der Waals surface area contributed by atoms with Crippen LogP contribution >= 0.6 is 0 Å². The lowest BCUT2D eigenvalue weighted by molar-refractivity contribution is -0.138. The molecule has 2 rings (SSSR count). The van der Waals surface area contributed by atoms with E-state index < -0.39 is 12.1 Å². The van der Waals surface area contributed by atoms with Gasteiger partial charge in [-0.2, -0.15) is 0 Å². The quantitative estimate of drug-likeness (QED) is 0.316. The van der Waals surface area contributed by atoms with E-state index in [1.807, 2.05) is 0 Å². The summed E-state index contributed by atoms with van der Waals surface area (Å²) in [6.45, 7) is 7.87. The molecular weight excluding hydrogens is 392 g/mol. The van der Waals surface area contributed by atoms with E-state index in [9.17, 15) is 19.2 Å². The lowest BCUT2D eigenvalue weighted by atomic mass is 10.2. The highest BCUT2D eigenvalue weighted by atomic mass is 16.2. The summed E-state index contributed by atoms with van der Waals surface area (Å²) < 4.78 is 0. The Balaban J connectivity index is 1.58. The molecule has 170 valence electrons. The number of nitrogens with one attached hydrogen (secondary N) is 2. The number of hydrogen-bond acceptors (Lipinski definition) is 6. The summed E-state index contributed by atoms with van der Waals surface area (Å²) in [5.41, 5.74) is 10.1. The van der Waals surface area contributed by atoms with Crippen molar-refractivity contribution in [2.45, 2.75) is 12.8 Å². The molecule has 30 heavy (non-hydrogen) atoms. The molecule has 0 aromatic heterocycles. The topological polar surface area (TPSA) is 157 Å². The van der Waals surface area contributed by atoms with E-state index in [4.69, 9.17) is 11.5 Å². The van der Waals surface area contributed by atoms with Gasteiger partial charge in [0.2, 0.25) is 11.8 Å². The van der Waals surface area contributed by atoms with Gasteiger partial charge in [0.25, 0.3) is 0 Å². The summed E-state index contributed by atoms with van der Waals surface area (Å²) in [7, 11) is 0. The van der Waals surface area contributed by atoms with Gasteiger partial charge in [0.1, 0.15) is 0 Å². The lowest BCUT2D eigenvalue weighted by Gasteiger charge is -2.36. The maximum atomic E-state index is 12.4. The first kappa shape index (κ1) is 23.7. The van der Waals surface area contributed by atoms with Crippen molar-refractivity contribution in [3.05, 3.63) is 0 Å². The van der Waals surface area contributed by atoms with Gasteiger partial charge in [0.05, 0.1) is 0 Å². The Morgan fingerprint density at radius 2 is 0.933 bits per heavy atom. The number of nitrogens with zero attached hydrogens (tertiary/aromatic N) is 4. The number of carbonyl (C=O) groups is 4. The molecule has 12 heteroatoms. The van der Waals surface area contributed by atoms with Gasteiger partial charge in [-0.05, 0) is 0 Å². The average molecular weight is 427 g/mol. The summed E-state index contributed by atoms with van der Waals surface area (Å²) >= 11 is 0. The maximum absolute atomic E-state index is 12.4. The Morgan fingerprint density at radius 3 is 1.23 bits per heavy atom. The normalized spacial score (nSPS) is 18.1. The molecule has 0 aromatic carbocycles. The van der Waals surface area contributed by atoms with Gasteiger partial charge < -0.3 is 31.9 Å². The Labute approximate surface area is 176 Å². The number of hydrogen-bond donors (Lipinski definition) is 4. The molecule has 12 nitrogen and oxygen atoms in total. The highest BCUT2D eigenvalue weighted by molar-refractivity contribution is 5.84. The Bertz CT molecular complexity index is 549. The van der Waals surface area contributed by atoms with Crippen LogP contribution in [0.1, 0.15) is 12.8 Å². The summed E-state index contributed by atoms with van der Waals surface area (Å²) in [5.74, 6) is 0.0175. The van der Waals surface area contributed by atoms with E-state index in [0.717, 1.165) is 26.2 Å². The second-order valence-electron chi connectivity index (χ2n) is 7.53. The van der Waals surface area contributed by atoms with Gasteiger partial charge in [-0.3, -0.25) is 19.4 Å². The van der Waals surface area contributed by atoms with Crippen molar-refractivity contribution in [2.24, 2.45) is 11.5 Å². The van der Waals surface area contributed by atoms with Crippen LogP contribution in [0.3, 0.4) is 0 Å². The zero-order chi connectivity index (χ0) is 21.9. The van der Waals surface area contributed by atoms with Gasteiger partial charge in [-0.25, -0.2) is 9.59 Å². The first-order chi connectivity index (χ1) is 14.3. The van der Waals surface area contributed by atoms with Crippen molar-refractivity contribution in [3.8, 4) is 0 Å². The molecule has 2 fully saturated rings. The van der Waals surface area contributed by atoms with E-state index >= 15 is 0 Å². The molecule has 0 saturated carbocycles. The number of rotatable bonds is 9. The smallest absolute Gasteiger partial charge is 0.312 e. The van der Waals surface area contributed by atoms with Crippen molar-refractivity contribution in [1.29, 1.82) is 0 Å². The molecule has 0 unspecified atom stereocenters. The number of nitrogens with two attached hydrogens (primary N) is 2. The summed E-state index contributed by atoms with van der Waals surface area (Å²) in [4.78, 5) is 54.2. The molecule has 0 radical (unpaired) electrons. The third-order valence-corrected chi connectivity index (χ3v) is 5.46. The van der Waals surface area contributed by atoms with Gasteiger partial charge in [0, 0.05) is 91.4 Å². The second-order valence-corrected chi connectivity index (χ2v) is 7.53. The monoisotopic (exact) mass is 426 g/mol. The number of urea groups is 2. The lowest BCUT2D eigenvalue weighted by Crippen LogP contribution is -2.51. The fourth-order valence-corrected chi connectivity index (χ4v) is 3.65. The molecule has 0 atom stereocenters. The Morgan fingerprint density at radius 1 is 0.600 bits per heavy atom. The molecule has 2 aliphatic rings. The third kappa shape index (κ3) is 8.41. The minimum absolute atomic E-state index is 0.00873. The predicted octanol–water partition coefficient (Wildman–Crippen LogP) is -2.61. The molecule has 0 aromatic rings. The zero-order valence-corrected chi connectivity index (χ0v) is 17.5. The number of amides is 6. The van der Waals surface area contributed by atoms with Crippen LogP contribution in [0.4, 0.5) is 9.59 Å². The van der Waals surface area contributed by atoms with Crippen LogP contribution in [0.25, 0.3) is 0 Å². The van der Waals surface area contributed by atoms with Crippen LogP contribution in [0.15, 0.2) is 0 Å². The summed E-state index contributed by atoms with van der Waals surface area (Å²) in [6, 6.07) is -1.06. The molecule has 2 aliphatic heterocycles. The van der Waals surface area contributed by atoms with Crippen molar-refractivity contribution in [2.75, 3.05) is 78.5 Å². The minimum atomic E-state index is -0.532. The van der Waals surface area contributed by atoms with E-state index in [1.165, 1.54) is 0 Å². The molecular formula is C18H34N8O4. The molecule has 0 aliphatic carbocycles. The number of primary amides is 2. The fourth-order valence-electron chi connectivity index (χ4n) is 3.65. The Hall–Kier alpha value is -2.60.